The van der Waals surface area contributed by atoms with E-state index in [1.54, 1.807) is 0 Å². The molecule has 0 aliphatic carbocycles. The maximum atomic E-state index is 10.6. The molecule has 2 heterocycles. The molecule has 0 saturated carbocycles. The Morgan fingerprint density at radius 2 is 1.96 bits per heavy atom. The molecule has 2 unspecified atom stereocenters. The van der Waals surface area contributed by atoms with Crippen LogP contribution >= 0.6 is 0 Å². The van der Waals surface area contributed by atoms with Gasteiger partial charge in [-0.05, 0) is 44.8 Å². The summed E-state index contributed by atoms with van der Waals surface area (Å²) in [6, 6.07) is 0.0675. The van der Waals surface area contributed by atoms with Crippen molar-refractivity contribution in [1.29, 1.82) is 0 Å². The van der Waals surface area contributed by atoms with Crippen LogP contribution in [0.1, 0.15) is 46.0 Å². The SMILES string of the molecule is C1=CCCN=C1.CC1=NC(C)C(CCC(=O)O)C=C1CCC(=O)O. The van der Waals surface area contributed by atoms with Gasteiger partial charge in [0.25, 0.3) is 0 Å². The van der Waals surface area contributed by atoms with E-state index in [4.69, 9.17) is 10.2 Å². The van der Waals surface area contributed by atoms with Gasteiger partial charge in [0.1, 0.15) is 0 Å². The molecule has 0 radical (unpaired) electrons. The van der Waals surface area contributed by atoms with Gasteiger partial charge in [-0.25, -0.2) is 0 Å². The van der Waals surface area contributed by atoms with Gasteiger partial charge in [-0.1, -0.05) is 12.2 Å². The maximum absolute atomic E-state index is 10.6. The lowest BCUT2D eigenvalue weighted by molar-refractivity contribution is -0.138. The smallest absolute Gasteiger partial charge is 0.303 e. The van der Waals surface area contributed by atoms with Crippen LogP contribution in [0.5, 0.6) is 0 Å². The largest absolute Gasteiger partial charge is 0.481 e. The fourth-order valence-electron chi connectivity index (χ4n) is 2.56. The second-order valence-corrected chi connectivity index (χ2v) is 5.91. The van der Waals surface area contributed by atoms with E-state index in [1.165, 1.54) is 0 Å². The molecule has 0 saturated heterocycles. The number of hydrogen-bond donors (Lipinski definition) is 2. The summed E-state index contributed by atoms with van der Waals surface area (Å²) in [6.45, 7) is 4.81. The molecule has 2 rings (SSSR count). The third-order valence-electron chi connectivity index (χ3n) is 3.95. The van der Waals surface area contributed by atoms with Crippen LogP contribution in [0.4, 0.5) is 0 Å². The first kappa shape index (κ1) is 19.8. The van der Waals surface area contributed by atoms with Crippen molar-refractivity contribution in [2.45, 2.75) is 52.0 Å². The van der Waals surface area contributed by atoms with Crippen molar-refractivity contribution < 1.29 is 19.8 Å². The van der Waals surface area contributed by atoms with Crippen LogP contribution in [0.15, 0.2) is 33.8 Å². The molecular formula is C18H26N2O4. The fraction of sp³-hybridized carbons (Fsp3) is 0.556. The minimum Gasteiger partial charge on any atom is -0.481 e. The first-order chi connectivity index (χ1) is 11.4. The zero-order valence-electron chi connectivity index (χ0n) is 14.3. The highest BCUT2D eigenvalue weighted by Gasteiger charge is 2.22. The van der Waals surface area contributed by atoms with Crippen LogP contribution < -0.4 is 0 Å². The molecule has 0 bridgehead atoms. The summed E-state index contributed by atoms with van der Waals surface area (Å²) in [5.74, 6) is -1.55. The molecule has 0 spiro atoms. The van der Waals surface area contributed by atoms with Crippen molar-refractivity contribution in [3.05, 3.63) is 23.8 Å². The Balaban J connectivity index is 0.000000400. The maximum Gasteiger partial charge on any atom is 0.303 e. The van der Waals surface area contributed by atoms with Gasteiger partial charge in [0.15, 0.2) is 0 Å². The van der Waals surface area contributed by atoms with Gasteiger partial charge in [-0.2, -0.15) is 0 Å². The molecule has 0 amide bonds. The Morgan fingerprint density at radius 3 is 2.42 bits per heavy atom. The van der Waals surface area contributed by atoms with E-state index in [-0.39, 0.29) is 24.8 Å². The van der Waals surface area contributed by atoms with Crippen LogP contribution in [0, 0.1) is 5.92 Å². The average Bonchev–Trinajstić information content (AvgIpc) is 2.55. The number of hydrogen-bond acceptors (Lipinski definition) is 4. The molecule has 2 atom stereocenters. The van der Waals surface area contributed by atoms with Crippen molar-refractivity contribution in [1.82, 2.24) is 0 Å². The third kappa shape index (κ3) is 7.85. The Labute approximate surface area is 142 Å². The summed E-state index contributed by atoms with van der Waals surface area (Å²) in [5, 5.41) is 17.4. The Hall–Kier alpha value is -2.24. The number of dihydropyridines is 2. The molecule has 6 heteroatoms. The molecule has 2 aliphatic heterocycles. The molecule has 132 valence electrons. The second-order valence-electron chi connectivity index (χ2n) is 5.91. The van der Waals surface area contributed by atoms with E-state index in [0.29, 0.717) is 12.8 Å². The summed E-state index contributed by atoms with van der Waals surface area (Å²) in [5.41, 5.74) is 1.81. The first-order valence-corrected chi connectivity index (χ1v) is 8.24. The van der Waals surface area contributed by atoms with Crippen LogP contribution in [-0.4, -0.2) is 46.7 Å². The number of carboxylic acids is 2. The Morgan fingerprint density at radius 1 is 1.25 bits per heavy atom. The van der Waals surface area contributed by atoms with Crippen LogP contribution in [0.2, 0.25) is 0 Å². The normalized spacial score (nSPS) is 22.1. The highest BCUT2D eigenvalue weighted by Crippen LogP contribution is 2.25. The van der Waals surface area contributed by atoms with Gasteiger partial charge in [-0.3, -0.25) is 19.6 Å². The van der Waals surface area contributed by atoms with E-state index in [2.05, 4.69) is 16.1 Å². The van der Waals surface area contributed by atoms with E-state index in [9.17, 15) is 9.59 Å². The zero-order chi connectivity index (χ0) is 17.9. The second kappa shape index (κ2) is 10.5. The lowest BCUT2D eigenvalue weighted by atomic mass is 9.88. The molecule has 0 aromatic carbocycles. The summed E-state index contributed by atoms with van der Waals surface area (Å²) < 4.78 is 0. The molecule has 24 heavy (non-hydrogen) atoms. The number of rotatable bonds is 6. The van der Waals surface area contributed by atoms with Gasteiger partial charge >= 0.3 is 11.9 Å². The van der Waals surface area contributed by atoms with Gasteiger partial charge < -0.3 is 10.2 Å². The van der Waals surface area contributed by atoms with Crippen molar-refractivity contribution in [2.75, 3.05) is 6.54 Å². The Kier molecular flexibility index (Phi) is 8.68. The van der Waals surface area contributed by atoms with E-state index < -0.39 is 11.9 Å². The van der Waals surface area contributed by atoms with Crippen molar-refractivity contribution >= 4 is 23.9 Å². The lowest BCUT2D eigenvalue weighted by Gasteiger charge is -2.24. The highest BCUT2D eigenvalue weighted by atomic mass is 16.4. The number of aliphatic imine (C=N–C) groups is 2. The quantitative estimate of drug-likeness (QED) is 0.779. The highest BCUT2D eigenvalue weighted by molar-refractivity contribution is 5.99. The number of carboxylic acid groups (broad SMARTS) is 2. The molecule has 0 aromatic heterocycles. The molecule has 0 fully saturated rings. The average molecular weight is 334 g/mol. The van der Waals surface area contributed by atoms with Gasteiger partial charge in [-0.15, -0.1) is 0 Å². The number of allylic oxidation sites excluding steroid dienone is 2. The predicted molar refractivity (Wildman–Crippen MR) is 95.0 cm³/mol. The molecule has 6 nitrogen and oxygen atoms in total. The summed E-state index contributed by atoms with van der Waals surface area (Å²) in [7, 11) is 0. The van der Waals surface area contributed by atoms with Gasteiger partial charge in [0, 0.05) is 37.2 Å². The topological polar surface area (TPSA) is 99.3 Å². The van der Waals surface area contributed by atoms with E-state index >= 15 is 0 Å². The van der Waals surface area contributed by atoms with E-state index in [1.807, 2.05) is 32.2 Å². The minimum atomic E-state index is -0.829. The molecule has 2 aliphatic rings. The van der Waals surface area contributed by atoms with Crippen molar-refractivity contribution in [2.24, 2.45) is 15.9 Å². The number of aliphatic carboxylic acids is 2. The summed E-state index contributed by atoms with van der Waals surface area (Å²) >= 11 is 0. The summed E-state index contributed by atoms with van der Waals surface area (Å²) in [6.07, 6.45) is 10.3. The standard InChI is InChI=1S/C13H19NO4.C5H7N/c1-8-10(3-5-12(15)16)7-11(9(2)14-8)4-6-13(17)18;1-2-4-6-5-3-1/h7-8,10H,3-6H2,1-2H3,(H,15,16)(H,17,18);1-2,4H,3,5H2. The number of carbonyl (C=O) groups is 2. The number of nitrogens with zero attached hydrogens (tertiary/aromatic N) is 2. The van der Waals surface area contributed by atoms with Crippen molar-refractivity contribution in [3.8, 4) is 0 Å². The van der Waals surface area contributed by atoms with Gasteiger partial charge in [0.2, 0.25) is 0 Å². The fourth-order valence-corrected chi connectivity index (χ4v) is 2.56. The van der Waals surface area contributed by atoms with Gasteiger partial charge in [0.05, 0.1) is 6.04 Å². The third-order valence-corrected chi connectivity index (χ3v) is 3.95. The van der Waals surface area contributed by atoms with E-state index in [0.717, 1.165) is 24.3 Å². The minimum absolute atomic E-state index is 0.0675. The van der Waals surface area contributed by atoms with Crippen LogP contribution in [0.25, 0.3) is 0 Å². The lowest BCUT2D eigenvalue weighted by Crippen LogP contribution is -2.22. The van der Waals surface area contributed by atoms with Crippen LogP contribution in [0.3, 0.4) is 0 Å². The molecule has 0 aromatic rings. The zero-order valence-corrected chi connectivity index (χ0v) is 14.3. The molecule has 2 N–H and O–H groups in total. The predicted octanol–water partition coefficient (Wildman–Crippen LogP) is 3.14. The monoisotopic (exact) mass is 334 g/mol. The molecular weight excluding hydrogens is 308 g/mol. The first-order valence-electron chi connectivity index (χ1n) is 8.24. The Bertz CT molecular complexity index is 549. The van der Waals surface area contributed by atoms with Crippen molar-refractivity contribution in [3.63, 3.8) is 0 Å². The van der Waals surface area contributed by atoms with Crippen LogP contribution in [-0.2, 0) is 9.59 Å². The summed E-state index contributed by atoms with van der Waals surface area (Å²) in [4.78, 5) is 29.6.